The Labute approximate surface area is 170 Å². The van der Waals surface area contributed by atoms with E-state index >= 15 is 0 Å². The second-order valence-electron chi connectivity index (χ2n) is 6.00. The van der Waals surface area contributed by atoms with Crippen molar-refractivity contribution in [1.29, 1.82) is 0 Å². The molecule has 0 saturated heterocycles. The lowest BCUT2D eigenvalue weighted by atomic mass is 10.2. The first-order valence-corrected chi connectivity index (χ1v) is 9.51. The van der Waals surface area contributed by atoms with Crippen molar-refractivity contribution in [3.63, 3.8) is 0 Å². The molecule has 1 heterocycles. The van der Waals surface area contributed by atoms with Crippen LogP contribution in [0.25, 0.3) is 16.3 Å². The Balaban J connectivity index is 1.94. The highest BCUT2D eigenvalue weighted by Crippen LogP contribution is 2.23. The summed E-state index contributed by atoms with van der Waals surface area (Å²) in [7, 11) is 3.21. The Morgan fingerprint density at radius 1 is 1.28 bits per heavy atom. The van der Waals surface area contributed by atoms with Gasteiger partial charge in [-0.3, -0.25) is 14.9 Å². The minimum atomic E-state index is -0.478. The van der Waals surface area contributed by atoms with E-state index in [0.29, 0.717) is 23.5 Å². The summed E-state index contributed by atoms with van der Waals surface area (Å²) in [5.74, 6) is 0.266. The van der Waals surface area contributed by atoms with Gasteiger partial charge in [-0.15, -0.1) is 0 Å². The molecule has 150 valence electrons. The molecule has 3 aromatic rings. The van der Waals surface area contributed by atoms with Gasteiger partial charge in [-0.25, -0.2) is 0 Å². The fraction of sp³-hybridized carbons (Fsp3) is 0.200. The molecule has 0 spiro atoms. The quantitative estimate of drug-likeness (QED) is 0.336. The van der Waals surface area contributed by atoms with Gasteiger partial charge in [0.1, 0.15) is 5.75 Å². The zero-order chi connectivity index (χ0) is 20.8. The highest BCUT2D eigenvalue weighted by atomic mass is 32.1. The van der Waals surface area contributed by atoms with E-state index in [9.17, 15) is 14.9 Å². The van der Waals surface area contributed by atoms with Crippen LogP contribution in [-0.2, 0) is 16.1 Å². The topological polar surface area (TPSA) is 96.0 Å². The predicted octanol–water partition coefficient (Wildman–Crippen LogP) is 3.41. The molecular weight excluding hydrogens is 394 g/mol. The Bertz CT molecular complexity index is 1150. The van der Waals surface area contributed by atoms with E-state index in [2.05, 4.69) is 4.99 Å². The van der Waals surface area contributed by atoms with Gasteiger partial charge in [-0.05, 0) is 29.8 Å². The van der Waals surface area contributed by atoms with Gasteiger partial charge in [-0.1, -0.05) is 23.5 Å². The van der Waals surface area contributed by atoms with Crippen molar-refractivity contribution in [1.82, 2.24) is 4.57 Å². The third-order valence-electron chi connectivity index (χ3n) is 4.11. The number of non-ortho nitro benzene ring substituents is 1. The first kappa shape index (κ1) is 20.4. The Kier molecular flexibility index (Phi) is 6.53. The maximum absolute atomic E-state index is 12.4. The van der Waals surface area contributed by atoms with Crippen molar-refractivity contribution in [3.8, 4) is 5.75 Å². The zero-order valence-corrected chi connectivity index (χ0v) is 16.7. The molecule has 0 aliphatic heterocycles. The molecule has 0 unspecified atom stereocenters. The number of amides is 1. The molecule has 2 aromatic carbocycles. The molecule has 0 radical (unpaired) electrons. The van der Waals surface area contributed by atoms with E-state index in [0.717, 1.165) is 16.0 Å². The fourth-order valence-electron chi connectivity index (χ4n) is 2.71. The zero-order valence-electron chi connectivity index (χ0n) is 15.9. The second kappa shape index (κ2) is 9.26. The average molecular weight is 413 g/mol. The summed E-state index contributed by atoms with van der Waals surface area (Å²) < 4.78 is 13.3. The number of nitro groups is 1. The minimum absolute atomic E-state index is 0.0348. The molecule has 0 bridgehead atoms. The van der Waals surface area contributed by atoms with E-state index in [4.69, 9.17) is 9.47 Å². The highest BCUT2D eigenvalue weighted by Gasteiger charge is 2.09. The molecule has 0 aliphatic rings. The number of hydrogen-bond donors (Lipinski definition) is 0. The largest absolute Gasteiger partial charge is 0.497 e. The van der Waals surface area contributed by atoms with Crippen LogP contribution in [0.5, 0.6) is 5.75 Å². The number of fused-ring (bicyclic) bond motifs is 1. The minimum Gasteiger partial charge on any atom is -0.497 e. The highest BCUT2D eigenvalue weighted by molar-refractivity contribution is 7.16. The van der Waals surface area contributed by atoms with E-state index in [-0.39, 0.29) is 5.69 Å². The lowest BCUT2D eigenvalue weighted by molar-refractivity contribution is -0.384. The number of carbonyl (C=O) groups is 1. The molecule has 8 nitrogen and oxygen atoms in total. The van der Waals surface area contributed by atoms with Crippen LogP contribution in [0.4, 0.5) is 5.69 Å². The van der Waals surface area contributed by atoms with Gasteiger partial charge in [-0.2, -0.15) is 4.99 Å². The lowest BCUT2D eigenvalue weighted by Gasteiger charge is -2.04. The normalized spacial score (nSPS) is 12.0. The Morgan fingerprint density at radius 3 is 2.83 bits per heavy atom. The van der Waals surface area contributed by atoms with Crippen LogP contribution >= 0.6 is 11.3 Å². The standard InChI is InChI=1S/C20H19N3O5S/c1-27-11-10-22-17-8-7-16(28-2)13-18(17)29-20(22)21-19(24)9-6-14-4-3-5-15(12-14)23(25)26/h3-9,12-13H,10-11H2,1-2H3/b9-6+,21-20?. The third-order valence-corrected chi connectivity index (χ3v) is 5.16. The van der Waals surface area contributed by atoms with Gasteiger partial charge < -0.3 is 14.0 Å². The first-order valence-electron chi connectivity index (χ1n) is 8.69. The number of hydrogen-bond acceptors (Lipinski definition) is 6. The van der Waals surface area contributed by atoms with Crippen LogP contribution in [0.2, 0.25) is 0 Å². The van der Waals surface area contributed by atoms with Gasteiger partial charge in [0.25, 0.3) is 11.6 Å². The van der Waals surface area contributed by atoms with Crippen molar-refractivity contribution >= 4 is 39.2 Å². The molecule has 9 heteroatoms. The maximum atomic E-state index is 12.4. The van der Waals surface area contributed by atoms with Gasteiger partial charge in [0.2, 0.25) is 0 Å². The molecule has 1 aromatic heterocycles. The summed E-state index contributed by atoms with van der Waals surface area (Å²) in [6, 6.07) is 11.7. The molecule has 1 amide bonds. The lowest BCUT2D eigenvalue weighted by Crippen LogP contribution is -2.18. The monoisotopic (exact) mass is 413 g/mol. The number of thiazole rings is 1. The van der Waals surface area contributed by atoms with Crippen molar-refractivity contribution in [2.45, 2.75) is 6.54 Å². The summed E-state index contributed by atoms with van der Waals surface area (Å²) in [5, 5.41) is 10.9. The number of aromatic nitrogens is 1. The molecule has 3 rings (SSSR count). The number of ether oxygens (including phenoxy) is 2. The Morgan fingerprint density at radius 2 is 2.10 bits per heavy atom. The molecule has 0 saturated carbocycles. The molecular formula is C20H19N3O5S. The fourth-order valence-corrected chi connectivity index (χ4v) is 3.80. The van der Waals surface area contributed by atoms with Crippen molar-refractivity contribution in [3.05, 3.63) is 69.0 Å². The van der Waals surface area contributed by atoms with Crippen LogP contribution in [0.1, 0.15) is 5.56 Å². The maximum Gasteiger partial charge on any atom is 0.272 e. The molecule has 29 heavy (non-hydrogen) atoms. The van der Waals surface area contributed by atoms with E-state index in [1.165, 1.54) is 35.6 Å². The molecule has 0 N–H and O–H groups in total. The van der Waals surface area contributed by atoms with Gasteiger partial charge in [0.05, 0.1) is 28.9 Å². The van der Waals surface area contributed by atoms with Crippen molar-refractivity contribution in [2.75, 3.05) is 20.8 Å². The first-order chi connectivity index (χ1) is 14.0. The summed E-state index contributed by atoms with van der Waals surface area (Å²) >= 11 is 1.38. The predicted molar refractivity (Wildman–Crippen MR) is 111 cm³/mol. The number of methoxy groups -OCH3 is 2. The summed E-state index contributed by atoms with van der Waals surface area (Å²) in [4.78, 5) is 27.5. The van der Waals surface area contributed by atoms with Crippen LogP contribution in [0.3, 0.4) is 0 Å². The number of nitrogens with zero attached hydrogens (tertiary/aromatic N) is 3. The van der Waals surface area contributed by atoms with Gasteiger partial charge in [0, 0.05) is 31.9 Å². The van der Waals surface area contributed by atoms with Crippen LogP contribution in [0, 0.1) is 10.1 Å². The van der Waals surface area contributed by atoms with E-state index < -0.39 is 10.8 Å². The van der Waals surface area contributed by atoms with E-state index in [1.54, 1.807) is 26.4 Å². The van der Waals surface area contributed by atoms with Crippen molar-refractivity contribution in [2.24, 2.45) is 4.99 Å². The average Bonchev–Trinajstić information content (AvgIpc) is 3.06. The Hall–Kier alpha value is -3.30. The smallest absolute Gasteiger partial charge is 0.272 e. The van der Waals surface area contributed by atoms with Gasteiger partial charge in [0.15, 0.2) is 4.80 Å². The summed E-state index contributed by atoms with van der Waals surface area (Å²) in [6.45, 7) is 1.02. The second-order valence-corrected chi connectivity index (χ2v) is 7.01. The molecule has 0 fully saturated rings. The van der Waals surface area contributed by atoms with E-state index in [1.807, 2.05) is 22.8 Å². The van der Waals surface area contributed by atoms with Crippen LogP contribution in [0.15, 0.2) is 53.5 Å². The number of benzene rings is 2. The van der Waals surface area contributed by atoms with Crippen molar-refractivity contribution < 1.29 is 19.2 Å². The number of nitro benzene ring substituents is 1. The summed E-state index contributed by atoms with van der Waals surface area (Å²) in [5.41, 5.74) is 1.45. The number of carbonyl (C=O) groups excluding carboxylic acids is 1. The SMILES string of the molecule is COCCn1c(=NC(=O)/C=C/c2cccc([N+](=O)[O-])c2)sc2cc(OC)ccc21. The summed E-state index contributed by atoms with van der Waals surface area (Å²) in [6.07, 6.45) is 2.80. The van der Waals surface area contributed by atoms with Crippen LogP contribution in [-0.4, -0.2) is 36.2 Å². The number of rotatable bonds is 7. The van der Waals surface area contributed by atoms with Gasteiger partial charge >= 0.3 is 0 Å². The third kappa shape index (κ3) is 4.95. The molecule has 0 atom stereocenters. The van der Waals surface area contributed by atoms with Crippen LogP contribution < -0.4 is 9.54 Å². The molecule has 0 aliphatic carbocycles.